The molecule has 22 heavy (non-hydrogen) atoms. The van der Waals surface area contributed by atoms with E-state index in [4.69, 9.17) is 4.74 Å². The molecule has 0 atom stereocenters. The van der Waals surface area contributed by atoms with Gasteiger partial charge in [-0.05, 0) is 31.2 Å². The Labute approximate surface area is 130 Å². The number of rotatable bonds is 8. The largest absolute Gasteiger partial charge is 0.494 e. The van der Waals surface area contributed by atoms with Crippen molar-refractivity contribution in [3.8, 4) is 5.75 Å². The van der Waals surface area contributed by atoms with Crippen molar-refractivity contribution in [3.63, 3.8) is 0 Å². The second-order valence-corrected chi connectivity index (χ2v) is 5.18. The predicted octanol–water partition coefficient (Wildman–Crippen LogP) is 3.50. The highest BCUT2D eigenvalue weighted by molar-refractivity contribution is 5.35. The van der Waals surface area contributed by atoms with E-state index in [-0.39, 0.29) is 5.69 Å². The normalized spacial score (nSPS) is 10.6. The van der Waals surface area contributed by atoms with Gasteiger partial charge in [0.2, 0.25) is 0 Å². The van der Waals surface area contributed by atoms with Gasteiger partial charge in [-0.25, -0.2) is 0 Å². The third-order valence-corrected chi connectivity index (χ3v) is 3.30. The molecule has 5 nitrogen and oxygen atoms in total. The van der Waals surface area contributed by atoms with Crippen LogP contribution in [-0.4, -0.2) is 30.0 Å². The third kappa shape index (κ3) is 5.18. The van der Waals surface area contributed by atoms with Gasteiger partial charge < -0.3 is 9.64 Å². The molecule has 0 aliphatic rings. The molecule has 0 N–H and O–H groups in total. The maximum absolute atomic E-state index is 10.6. The molecule has 116 valence electrons. The monoisotopic (exact) mass is 300 g/mol. The van der Waals surface area contributed by atoms with Crippen molar-refractivity contribution >= 4 is 5.69 Å². The topological polar surface area (TPSA) is 55.6 Å². The van der Waals surface area contributed by atoms with Gasteiger partial charge in [-0.2, -0.15) is 0 Å². The number of benzene rings is 2. The van der Waals surface area contributed by atoms with Gasteiger partial charge in [-0.1, -0.05) is 30.3 Å². The molecule has 0 aliphatic heterocycles. The molecular formula is C17H20N2O3. The fourth-order valence-corrected chi connectivity index (χ4v) is 2.16. The second-order valence-electron chi connectivity index (χ2n) is 5.18. The first-order chi connectivity index (χ1) is 10.6. The van der Waals surface area contributed by atoms with Crippen molar-refractivity contribution in [2.45, 2.75) is 13.0 Å². The van der Waals surface area contributed by atoms with E-state index < -0.39 is 4.92 Å². The zero-order chi connectivity index (χ0) is 15.8. The van der Waals surface area contributed by atoms with Crippen molar-refractivity contribution < 1.29 is 9.66 Å². The van der Waals surface area contributed by atoms with E-state index in [2.05, 4.69) is 24.1 Å². The molecule has 0 bridgehead atoms. The van der Waals surface area contributed by atoms with Crippen LogP contribution in [0.3, 0.4) is 0 Å². The Balaban J connectivity index is 1.67. The number of hydrogen-bond donors (Lipinski definition) is 0. The lowest BCUT2D eigenvalue weighted by Crippen LogP contribution is -2.20. The zero-order valence-electron chi connectivity index (χ0n) is 12.6. The molecule has 0 fully saturated rings. The van der Waals surface area contributed by atoms with Crippen molar-refractivity contribution in [1.29, 1.82) is 0 Å². The van der Waals surface area contributed by atoms with Crippen LogP contribution in [0.15, 0.2) is 54.6 Å². The Morgan fingerprint density at radius 3 is 2.41 bits per heavy atom. The average Bonchev–Trinajstić information content (AvgIpc) is 2.53. The lowest BCUT2D eigenvalue weighted by molar-refractivity contribution is -0.384. The molecule has 0 saturated heterocycles. The minimum atomic E-state index is -0.414. The minimum absolute atomic E-state index is 0.0787. The summed E-state index contributed by atoms with van der Waals surface area (Å²) in [4.78, 5) is 12.4. The fourth-order valence-electron chi connectivity index (χ4n) is 2.16. The van der Waals surface area contributed by atoms with Crippen LogP contribution in [-0.2, 0) is 6.54 Å². The van der Waals surface area contributed by atoms with Crippen molar-refractivity contribution in [2.75, 3.05) is 20.2 Å². The van der Waals surface area contributed by atoms with E-state index in [0.717, 1.165) is 19.5 Å². The van der Waals surface area contributed by atoms with Gasteiger partial charge >= 0.3 is 0 Å². The predicted molar refractivity (Wildman–Crippen MR) is 86.0 cm³/mol. The molecule has 2 aromatic carbocycles. The first-order valence-corrected chi connectivity index (χ1v) is 7.25. The van der Waals surface area contributed by atoms with Crippen LogP contribution in [0, 0.1) is 10.1 Å². The number of nitro benzene ring substituents is 1. The van der Waals surface area contributed by atoms with Gasteiger partial charge in [-0.15, -0.1) is 0 Å². The Morgan fingerprint density at radius 1 is 1.09 bits per heavy atom. The van der Waals surface area contributed by atoms with Gasteiger partial charge in [-0.3, -0.25) is 10.1 Å². The van der Waals surface area contributed by atoms with Gasteiger partial charge in [0.05, 0.1) is 11.5 Å². The molecule has 0 aliphatic carbocycles. The molecule has 2 aromatic rings. The standard InChI is InChI=1S/C17H20N2O3/c1-18(14-15-6-3-2-4-7-15)12-5-13-22-17-10-8-16(9-11-17)19(20)21/h2-4,6-11H,5,12-14H2,1H3. The fraction of sp³-hybridized carbons (Fsp3) is 0.294. The molecule has 0 radical (unpaired) electrons. The molecular weight excluding hydrogens is 280 g/mol. The summed E-state index contributed by atoms with van der Waals surface area (Å²) >= 11 is 0. The van der Waals surface area contributed by atoms with Crippen molar-refractivity contribution in [2.24, 2.45) is 0 Å². The molecule has 0 saturated carbocycles. The van der Waals surface area contributed by atoms with E-state index in [1.165, 1.54) is 17.7 Å². The lowest BCUT2D eigenvalue weighted by Gasteiger charge is -2.16. The summed E-state index contributed by atoms with van der Waals surface area (Å²) in [7, 11) is 2.08. The summed E-state index contributed by atoms with van der Waals surface area (Å²) in [6, 6.07) is 16.5. The number of hydrogen-bond acceptors (Lipinski definition) is 4. The number of nitrogens with zero attached hydrogens (tertiary/aromatic N) is 2. The number of ether oxygens (including phenoxy) is 1. The molecule has 2 rings (SSSR count). The summed E-state index contributed by atoms with van der Waals surface area (Å²) in [5, 5.41) is 10.6. The Bertz CT molecular complexity index is 585. The van der Waals surface area contributed by atoms with Crippen molar-refractivity contribution in [1.82, 2.24) is 4.90 Å². The second kappa shape index (κ2) is 8.14. The van der Waals surface area contributed by atoms with Crippen LogP contribution in [0.25, 0.3) is 0 Å². The Hall–Kier alpha value is -2.40. The first kappa shape index (κ1) is 16.0. The molecule has 0 amide bonds. The van der Waals surface area contributed by atoms with Crippen LogP contribution in [0.1, 0.15) is 12.0 Å². The summed E-state index contributed by atoms with van der Waals surface area (Å²) in [6.45, 7) is 2.44. The van der Waals surface area contributed by atoms with E-state index in [1.807, 2.05) is 18.2 Å². The number of nitro groups is 1. The van der Waals surface area contributed by atoms with E-state index >= 15 is 0 Å². The van der Waals surface area contributed by atoms with E-state index in [1.54, 1.807) is 12.1 Å². The van der Waals surface area contributed by atoms with E-state index in [0.29, 0.717) is 12.4 Å². The maximum Gasteiger partial charge on any atom is 0.269 e. The highest BCUT2D eigenvalue weighted by Gasteiger charge is 2.04. The zero-order valence-corrected chi connectivity index (χ0v) is 12.6. The maximum atomic E-state index is 10.6. The van der Waals surface area contributed by atoms with Gasteiger partial charge in [0.25, 0.3) is 5.69 Å². The smallest absolute Gasteiger partial charge is 0.269 e. The summed E-state index contributed by atoms with van der Waals surface area (Å²) in [5.74, 6) is 0.663. The number of non-ortho nitro benzene ring substituents is 1. The highest BCUT2D eigenvalue weighted by Crippen LogP contribution is 2.17. The minimum Gasteiger partial charge on any atom is -0.494 e. The quantitative estimate of drug-likeness (QED) is 0.425. The van der Waals surface area contributed by atoms with Gasteiger partial charge in [0, 0.05) is 25.2 Å². The summed E-state index contributed by atoms with van der Waals surface area (Å²) in [5.41, 5.74) is 1.37. The van der Waals surface area contributed by atoms with Crippen LogP contribution in [0.2, 0.25) is 0 Å². The van der Waals surface area contributed by atoms with E-state index in [9.17, 15) is 10.1 Å². The van der Waals surface area contributed by atoms with Crippen LogP contribution in [0.4, 0.5) is 5.69 Å². The SMILES string of the molecule is CN(CCCOc1ccc([N+](=O)[O-])cc1)Cc1ccccc1. The van der Waals surface area contributed by atoms with Crippen molar-refractivity contribution in [3.05, 3.63) is 70.3 Å². The Morgan fingerprint density at radius 2 is 1.77 bits per heavy atom. The molecule has 0 unspecified atom stereocenters. The Kier molecular flexibility index (Phi) is 5.91. The summed E-state index contributed by atoms with van der Waals surface area (Å²) < 4.78 is 5.59. The summed E-state index contributed by atoms with van der Waals surface area (Å²) in [6.07, 6.45) is 0.903. The van der Waals surface area contributed by atoms with Gasteiger partial charge in [0.1, 0.15) is 5.75 Å². The lowest BCUT2D eigenvalue weighted by atomic mass is 10.2. The molecule has 0 aromatic heterocycles. The van der Waals surface area contributed by atoms with Crippen LogP contribution >= 0.6 is 0 Å². The first-order valence-electron chi connectivity index (χ1n) is 7.25. The molecule has 0 spiro atoms. The molecule has 0 heterocycles. The van der Waals surface area contributed by atoms with Crippen LogP contribution < -0.4 is 4.74 Å². The average molecular weight is 300 g/mol. The van der Waals surface area contributed by atoms with Crippen LogP contribution in [0.5, 0.6) is 5.75 Å². The van der Waals surface area contributed by atoms with Gasteiger partial charge in [0.15, 0.2) is 0 Å². The molecule has 5 heteroatoms. The third-order valence-electron chi connectivity index (χ3n) is 3.30. The highest BCUT2D eigenvalue weighted by atomic mass is 16.6.